The summed E-state index contributed by atoms with van der Waals surface area (Å²) < 4.78 is 0. The maximum absolute atomic E-state index is 12.4. The molecule has 124 valence electrons. The molecule has 0 saturated carbocycles. The average molecular weight is 317 g/mol. The number of nitrogens with one attached hydrogen (secondary N) is 1. The van der Waals surface area contributed by atoms with Crippen LogP contribution in [0.3, 0.4) is 0 Å². The zero-order chi connectivity index (χ0) is 16.8. The van der Waals surface area contributed by atoms with Crippen molar-refractivity contribution in [3.8, 4) is 0 Å². The molecule has 2 unspecified atom stereocenters. The van der Waals surface area contributed by atoms with E-state index < -0.39 is 17.9 Å². The Bertz CT molecular complexity index is 601. The highest BCUT2D eigenvalue weighted by Crippen LogP contribution is 2.25. The summed E-state index contributed by atoms with van der Waals surface area (Å²) in [5.74, 6) is -1.31. The lowest BCUT2D eigenvalue weighted by molar-refractivity contribution is -0.130. The van der Waals surface area contributed by atoms with E-state index in [9.17, 15) is 14.4 Å². The maximum atomic E-state index is 12.4. The Labute approximate surface area is 135 Å². The molecule has 1 aromatic carbocycles. The van der Waals surface area contributed by atoms with E-state index in [1.165, 1.54) is 11.1 Å². The lowest BCUT2D eigenvalue weighted by atomic mass is 9.83. The molecule has 2 rings (SSSR count). The number of benzene rings is 1. The molecule has 0 aromatic heterocycles. The minimum absolute atomic E-state index is 0.150. The average Bonchev–Trinajstić information content (AvgIpc) is 2.52. The minimum atomic E-state index is -0.751. The predicted octanol–water partition coefficient (Wildman–Crippen LogP) is 0.417. The number of fused-ring (bicyclic) bond motifs is 1. The van der Waals surface area contributed by atoms with Crippen LogP contribution >= 0.6 is 0 Å². The number of carbonyl (C=O) groups excluding carboxylic acids is 3. The molecule has 2 atom stereocenters. The van der Waals surface area contributed by atoms with Crippen LogP contribution in [0.25, 0.3) is 0 Å². The molecule has 0 aliphatic heterocycles. The van der Waals surface area contributed by atoms with Gasteiger partial charge in [-0.25, -0.2) is 0 Å². The van der Waals surface area contributed by atoms with E-state index in [0.29, 0.717) is 19.3 Å². The van der Waals surface area contributed by atoms with E-state index in [0.717, 1.165) is 12.8 Å². The van der Waals surface area contributed by atoms with Crippen molar-refractivity contribution < 1.29 is 14.4 Å². The van der Waals surface area contributed by atoms with Crippen LogP contribution in [0.15, 0.2) is 24.3 Å². The zero-order valence-electron chi connectivity index (χ0n) is 13.1. The summed E-state index contributed by atoms with van der Waals surface area (Å²) in [7, 11) is 0. The maximum Gasteiger partial charge on any atom is 0.239 e. The molecular formula is C17H23N3O3. The molecule has 6 nitrogen and oxygen atoms in total. The summed E-state index contributed by atoms with van der Waals surface area (Å²) in [6.07, 6.45) is 3.22. The fourth-order valence-corrected chi connectivity index (χ4v) is 2.98. The molecule has 0 spiro atoms. The number of primary amides is 2. The van der Waals surface area contributed by atoms with Crippen LogP contribution in [0.4, 0.5) is 0 Å². The van der Waals surface area contributed by atoms with Gasteiger partial charge in [0.15, 0.2) is 0 Å². The van der Waals surface area contributed by atoms with Crippen molar-refractivity contribution in [3.05, 3.63) is 35.4 Å². The zero-order valence-corrected chi connectivity index (χ0v) is 13.1. The third-order valence-electron chi connectivity index (χ3n) is 4.29. The molecular weight excluding hydrogens is 294 g/mol. The van der Waals surface area contributed by atoms with Crippen molar-refractivity contribution >= 4 is 17.7 Å². The summed E-state index contributed by atoms with van der Waals surface area (Å²) >= 11 is 0. The fraction of sp³-hybridized carbons (Fsp3) is 0.471. The summed E-state index contributed by atoms with van der Waals surface area (Å²) in [5, 5.41) is 2.73. The van der Waals surface area contributed by atoms with Crippen molar-refractivity contribution in [1.29, 1.82) is 0 Å². The van der Waals surface area contributed by atoms with Crippen LogP contribution in [0.1, 0.15) is 36.8 Å². The molecule has 0 bridgehead atoms. The van der Waals surface area contributed by atoms with Gasteiger partial charge in [0.2, 0.25) is 17.7 Å². The quantitative estimate of drug-likeness (QED) is 0.676. The summed E-state index contributed by atoms with van der Waals surface area (Å²) in [5.41, 5.74) is 12.9. The molecule has 0 fully saturated rings. The Morgan fingerprint density at radius 1 is 1.17 bits per heavy atom. The second-order valence-corrected chi connectivity index (χ2v) is 6.03. The number of nitrogens with two attached hydrogens (primary N) is 2. The van der Waals surface area contributed by atoms with Crippen LogP contribution in [0, 0.1) is 5.92 Å². The standard InChI is InChI=1S/C17H23N3O3/c18-15(21)7-3-6-14(16(19)22)20-17(23)13-9-8-11-4-1-2-5-12(11)10-13/h1-2,4-5,13-14H,3,6-10H2,(H2,18,21)(H2,19,22)(H,20,23). The van der Waals surface area contributed by atoms with Gasteiger partial charge in [-0.15, -0.1) is 0 Å². The Balaban J connectivity index is 1.91. The van der Waals surface area contributed by atoms with Gasteiger partial charge >= 0.3 is 0 Å². The van der Waals surface area contributed by atoms with Gasteiger partial charge in [-0.2, -0.15) is 0 Å². The molecule has 3 amide bonds. The molecule has 5 N–H and O–H groups in total. The van der Waals surface area contributed by atoms with Gasteiger partial charge in [0, 0.05) is 12.3 Å². The first-order valence-corrected chi connectivity index (χ1v) is 7.92. The summed E-state index contributed by atoms with van der Waals surface area (Å²) in [6.45, 7) is 0. The molecule has 1 aliphatic carbocycles. The topological polar surface area (TPSA) is 115 Å². The van der Waals surface area contributed by atoms with E-state index >= 15 is 0 Å². The molecule has 1 aromatic rings. The van der Waals surface area contributed by atoms with Gasteiger partial charge < -0.3 is 16.8 Å². The van der Waals surface area contributed by atoms with Crippen LogP contribution in [0.2, 0.25) is 0 Å². The Hall–Kier alpha value is -2.37. The molecule has 0 saturated heterocycles. The third kappa shape index (κ3) is 4.81. The van der Waals surface area contributed by atoms with Crippen molar-refractivity contribution in [3.63, 3.8) is 0 Å². The van der Waals surface area contributed by atoms with Crippen LogP contribution in [-0.4, -0.2) is 23.8 Å². The second kappa shape index (κ2) is 7.76. The monoisotopic (exact) mass is 317 g/mol. The highest BCUT2D eigenvalue weighted by Gasteiger charge is 2.27. The number of amides is 3. The van der Waals surface area contributed by atoms with E-state index in [2.05, 4.69) is 11.4 Å². The Morgan fingerprint density at radius 2 is 1.87 bits per heavy atom. The number of hydrogen-bond acceptors (Lipinski definition) is 3. The van der Waals surface area contributed by atoms with Crippen molar-refractivity contribution in [2.24, 2.45) is 17.4 Å². The number of rotatable bonds is 7. The number of carbonyl (C=O) groups is 3. The molecule has 6 heteroatoms. The van der Waals surface area contributed by atoms with Gasteiger partial charge in [-0.3, -0.25) is 14.4 Å². The Morgan fingerprint density at radius 3 is 2.52 bits per heavy atom. The molecule has 1 aliphatic rings. The van der Waals surface area contributed by atoms with E-state index in [1.54, 1.807) is 0 Å². The summed E-state index contributed by atoms with van der Waals surface area (Å²) in [4.78, 5) is 34.6. The smallest absolute Gasteiger partial charge is 0.239 e. The van der Waals surface area contributed by atoms with Gasteiger partial charge in [0.25, 0.3) is 0 Å². The van der Waals surface area contributed by atoms with Crippen LogP contribution in [0.5, 0.6) is 0 Å². The first-order valence-electron chi connectivity index (χ1n) is 7.92. The van der Waals surface area contributed by atoms with Crippen molar-refractivity contribution in [1.82, 2.24) is 5.32 Å². The van der Waals surface area contributed by atoms with Gasteiger partial charge in [-0.05, 0) is 43.2 Å². The van der Waals surface area contributed by atoms with Gasteiger partial charge in [0.05, 0.1) is 0 Å². The number of hydrogen-bond donors (Lipinski definition) is 3. The molecule has 23 heavy (non-hydrogen) atoms. The number of aryl methyl sites for hydroxylation is 1. The highest BCUT2D eigenvalue weighted by molar-refractivity contribution is 5.87. The van der Waals surface area contributed by atoms with Crippen molar-refractivity contribution in [2.45, 2.75) is 44.6 Å². The van der Waals surface area contributed by atoms with E-state index in [1.807, 2.05) is 18.2 Å². The first kappa shape index (κ1) is 17.0. The predicted molar refractivity (Wildman–Crippen MR) is 86.1 cm³/mol. The lowest BCUT2D eigenvalue weighted by Crippen LogP contribution is -2.47. The second-order valence-electron chi connectivity index (χ2n) is 6.03. The third-order valence-corrected chi connectivity index (χ3v) is 4.29. The first-order chi connectivity index (χ1) is 11.0. The minimum Gasteiger partial charge on any atom is -0.370 e. The van der Waals surface area contributed by atoms with Crippen LogP contribution < -0.4 is 16.8 Å². The SMILES string of the molecule is NC(=O)CCCC(NC(=O)C1CCc2ccccc2C1)C(N)=O. The highest BCUT2D eigenvalue weighted by atomic mass is 16.2. The van der Waals surface area contributed by atoms with Gasteiger partial charge in [-0.1, -0.05) is 24.3 Å². The van der Waals surface area contributed by atoms with E-state index in [4.69, 9.17) is 11.5 Å². The molecule has 0 radical (unpaired) electrons. The van der Waals surface area contributed by atoms with Gasteiger partial charge in [0.1, 0.15) is 6.04 Å². The fourth-order valence-electron chi connectivity index (χ4n) is 2.98. The Kier molecular flexibility index (Phi) is 5.73. The largest absolute Gasteiger partial charge is 0.370 e. The summed E-state index contributed by atoms with van der Waals surface area (Å²) in [6, 6.07) is 7.34. The van der Waals surface area contributed by atoms with Crippen molar-refractivity contribution in [2.75, 3.05) is 0 Å². The normalized spacial score (nSPS) is 17.8. The van der Waals surface area contributed by atoms with Crippen LogP contribution in [-0.2, 0) is 27.2 Å². The molecule has 0 heterocycles. The van der Waals surface area contributed by atoms with E-state index in [-0.39, 0.29) is 18.2 Å². The lowest BCUT2D eigenvalue weighted by Gasteiger charge is -2.25.